The third-order valence-corrected chi connectivity index (χ3v) is 1.21. The lowest BCUT2D eigenvalue weighted by atomic mass is 10.2. The minimum Gasteiger partial charge on any atom is -0.480 e. The predicted octanol–water partition coefficient (Wildman–Crippen LogP) is 1.36. The molecule has 0 unspecified atom stereocenters. The fourth-order valence-electron chi connectivity index (χ4n) is 0.635. The zero-order chi connectivity index (χ0) is 8.53. The maximum atomic E-state index is 9.99. The predicted molar refractivity (Wildman–Crippen MR) is 44.3 cm³/mol. The second kappa shape index (κ2) is 7.12. The Hall–Kier alpha value is -0.990. The van der Waals surface area contributed by atoms with Crippen LogP contribution in [0.1, 0.15) is 26.2 Å². The number of allylic oxidation sites excluding steroid dienone is 1. The Morgan fingerprint density at radius 1 is 1.64 bits per heavy atom. The Bertz CT molecular complexity index is 132. The largest absolute Gasteiger partial charge is 0.480 e. The molecule has 0 atom stereocenters. The molecule has 0 saturated carbocycles. The number of hydrogen-bond acceptors (Lipinski definition) is 2. The van der Waals surface area contributed by atoms with Gasteiger partial charge in [0.2, 0.25) is 0 Å². The van der Waals surface area contributed by atoms with Crippen LogP contribution in [0.4, 0.5) is 0 Å². The van der Waals surface area contributed by atoms with Gasteiger partial charge in [0.15, 0.2) is 0 Å². The van der Waals surface area contributed by atoms with Gasteiger partial charge >= 0.3 is 5.97 Å². The molecule has 0 heterocycles. The van der Waals surface area contributed by atoms with E-state index < -0.39 is 5.97 Å². The van der Waals surface area contributed by atoms with Crippen LogP contribution in [0, 0.1) is 0 Å². The summed E-state index contributed by atoms with van der Waals surface area (Å²) in [6.07, 6.45) is 6.99. The van der Waals surface area contributed by atoms with E-state index in [0.717, 1.165) is 12.8 Å². The lowest BCUT2D eigenvalue weighted by Gasteiger charge is -1.93. The first-order valence-corrected chi connectivity index (χ1v) is 3.87. The zero-order valence-electron chi connectivity index (χ0n) is 6.84. The summed E-state index contributed by atoms with van der Waals surface area (Å²) < 4.78 is 0. The number of carboxylic acids is 1. The van der Waals surface area contributed by atoms with E-state index in [9.17, 15) is 4.79 Å². The second-order valence-corrected chi connectivity index (χ2v) is 2.32. The van der Waals surface area contributed by atoms with Gasteiger partial charge in [-0.05, 0) is 12.6 Å². The number of carboxylic acid groups (broad SMARTS) is 1. The van der Waals surface area contributed by atoms with Crippen molar-refractivity contribution in [3.05, 3.63) is 12.3 Å². The summed E-state index contributed by atoms with van der Waals surface area (Å²) in [7, 11) is 0. The normalized spacial score (nSPS) is 10.3. The first kappa shape index (κ1) is 10.0. The van der Waals surface area contributed by atoms with E-state index in [1.165, 1.54) is 6.42 Å². The standard InChI is InChI=1S/C8H15NO2/c1-2-3-4-5-6-9-7-8(10)11/h5-6,9H,2-4,7H2,1H3,(H,10,11)/b6-5+. The Morgan fingerprint density at radius 3 is 2.91 bits per heavy atom. The van der Waals surface area contributed by atoms with E-state index in [1.54, 1.807) is 6.20 Å². The van der Waals surface area contributed by atoms with Crippen LogP contribution >= 0.6 is 0 Å². The third kappa shape index (κ3) is 9.01. The van der Waals surface area contributed by atoms with Gasteiger partial charge in [-0.15, -0.1) is 0 Å². The number of nitrogens with one attached hydrogen (secondary N) is 1. The molecular weight excluding hydrogens is 142 g/mol. The first-order valence-electron chi connectivity index (χ1n) is 3.87. The molecule has 0 spiro atoms. The molecule has 0 aliphatic heterocycles. The van der Waals surface area contributed by atoms with E-state index in [1.807, 2.05) is 6.08 Å². The van der Waals surface area contributed by atoms with E-state index in [-0.39, 0.29) is 6.54 Å². The number of unbranched alkanes of at least 4 members (excludes halogenated alkanes) is 2. The maximum Gasteiger partial charge on any atom is 0.322 e. The van der Waals surface area contributed by atoms with Crippen LogP contribution in [0.15, 0.2) is 12.3 Å². The van der Waals surface area contributed by atoms with E-state index in [4.69, 9.17) is 5.11 Å². The summed E-state index contributed by atoms with van der Waals surface area (Å²) >= 11 is 0. The van der Waals surface area contributed by atoms with E-state index in [2.05, 4.69) is 12.2 Å². The van der Waals surface area contributed by atoms with Gasteiger partial charge in [0, 0.05) is 0 Å². The molecule has 0 rings (SSSR count). The van der Waals surface area contributed by atoms with Crippen molar-refractivity contribution in [1.82, 2.24) is 5.32 Å². The minimum atomic E-state index is -0.829. The van der Waals surface area contributed by atoms with Crippen molar-refractivity contribution in [1.29, 1.82) is 0 Å². The van der Waals surface area contributed by atoms with Crippen molar-refractivity contribution in [3.8, 4) is 0 Å². The number of carbonyl (C=O) groups is 1. The van der Waals surface area contributed by atoms with E-state index >= 15 is 0 Å². The van der Waals surface area contributed by atoms with Gasteiger partial charge in [0.1, 0.15) is 6.54 Å². The molecule has 2 N–H and O–H groups in total. The molecule has 64 valence electrons. The molecule has 0 aromatic heterocycles. The fraction of sp³-hybridized carbons (Fsp3) is 0.625. The molecule has 3 heteroatoms. The lowest BCUT2D eigenvalue weighted by molar-refractivity contribution is -0.135. The minimum absolute atomic E-state index is 0.00260. The number of aliphatic carboxylic acids is 1. The molecule has 11 heavy (non-hydrogen) atoms. The van der Waals surface area contributed by atoms with Gasteiger partial charge < -0.3 is 10.4 Å². The van der Waals surface area contributed by atoms with Crippen LogP contribution in [0.2, 0.25) is 0 Å². The fourth-order valence-corrected chi connectivity index (χ4v) is 0.635. The van der Waals surface area contributed by atoms with Gasteiger partial charge in [0.05, 0.1) is 0 Å². The molecule has 0 amide bonds. The van der Waals surface area contributed by atoms with Crippen molar-refractivity contribution in [2.75, 3.05) is 6.54 Å². The summed E-state index contributed by atoms with van der Waals surface area (Å²) in [6.45, 7) is 2.13. The second-order valence-electron chi connectivity index (χ2n) is 2.32. The highest BCUT2D eigenvalue weighted by atomic mass is 16.4. The maximum absolute atomic E-state index is 9.99. The van der Waals surface area contributed by atoms with Crippen LogP contribution in [-0.2, 0) is 4.79 Å². The van der Waals surface area contributed by atoms with Gasteiger partial charge in [-0.2, -0.15) is 0 Å². The molecule has 0 saturated heterocycles. The first-order chi connectivity index (χ1) is 5.27. The van der Waals surface area contributed by atoms with Gasteiger partial charge in [-0.25, -0.2) is 0 Å². The highest BCUT2D eigenvalue weighted by molar-refractivity contribution is 5.69. The van der Waals surface area contributed by atoms with Crippen LogP contribution in [0.5, 0.6) is 0 Å². The molecule has 0 fully saturated rings. The molecule has 0 radical (unpaired) electrons. The number of hydrogen-bond donors (Lipinski definition) is 2. The van der Waals surface area contributed by atoms with Gasteiger partial charge in [-0.3, -0.25) is 4.79 Å². The Kier molecular flexibility index (Phi) is 6.48. The Morgan fingerprint density at radius 2 is 2.36 bits per heavy atom. The smallest absolute Gasteiger partial charge is 0.322 e. The van der Waals surface area contributed by atoms with Crippen molar-refractivity contribution in [2.45, 2.75) is 26.2 Å². The SMILES string of the molecule is CCCC/C=C/NCC(=O)O. The average molecular weight is 157 g/mol. The Balaban J connectivity index is 3.10. The third-order valence-electron chi connectivity index (χ3n) is 1.21. The molecular formula is C8H15NO2. The summed E-state index contributed by atoms with van der Waals surface area (Å²) in [4.78, 5) is 9.99. The quantitative estimate of drug-likeness (QED) is 0.572. The average Bonchev–Trinajstić information content (AvgIpc) is 1.96. The van der Waals surface area contributed by atoms with Gasteiger partial charge in [-0.1, -0.05) is 25.8 Å². The molecule has 0 aliphatic rings. The van der Waals surface area contributed by atoms with Crippen LogP contribution in [-0.4, -0.2) is 17.6 Å². The lowest BCUT2D eigenvalue weighted by Crippen LogP contribution is -2.16. The van der Waals surface area contributed by atoms with Crippen LogP contribution in [0.25, 0.3) is 0 Å². The van der Waals surface area contributed by atoms with Crippen molar-refractivity contribution < 1.29 is 9.90 Å². The molecule has 0 aromatic carbocycles. The summed E-state index contributed by atoms with van der Waals surface area (Å²) in [6, 6.07) is 0. The van der Waals surface area contributed by atoms with Gasteiger partial charge in [0.25, 0.3) is 0 Å². The Labute approximate surface area is 67.1 Å². The summed E-state index contributed by atoms with van der Waals surface area (Å²) in [5.74, 6) is -0.829. The molecule has 3 nitrogen and oxygen atoms in total. The molecule has 0 aromatic rings. The summed E-state index contributed by atoms with van der Waals surface area (Å²) in [5.41, 5.74) is 0. The van der Waals surface area contributed by atoms with Crippen molar-refractivity contribution in [3.63, 3.8) is 0 Å². The highest BCUT2D eigenvalue weighted by Gasteiger charge is 1.88. The van der Waals surface area contributed by atoms with Crippen LogP contribution in [0.3, 0.4) is 0 Å². The van der Waals surface area contributed by atoms with Crippen molar-refractivity contribution >= 4 is 5.97 Å². The monoisotopic (exact) mass is 157 g/mol. The number of rotatable bonds is 6. The van der Waals surface area contributed by atoms with Crippen molar-refractivity contribution in [2.24, 2.45) is 0 Å². The zero-order valence-corrected chi connectivity index (χ0v) is 6.84. The highest BCUT2D eigenvalue weighted by Crippen LogP contribution is 1.93. The van der Waals surface area contributed by atoms with Crippen LogP contribution < -0.4 is 5.32 Å². The summed E-state index contributed by atoms with van der Waals surface area (Å²) in [5, 5.41) is 10.9. The van der Waals surface area contributed by atoms with E-state index in [0.29, 0.717) is 0 Å². The topological polar surface area (TPSA) is 49.3 Å². The molecule has 0 bridgehead atoms. The molecule has 0 aliphatic carbocycles.